The van der Waals surface area contributed by atoms with Crippen LogP contribution in [0.3, 0.4) is 0 Å². The van der Waals surface area contributed by atoms with E-state index in [1.807, 2.05) is 31.2 Å². The Morgan fingerprint density at radius 2 is 1.84 bits per heavy atom. The largest absolute Gasteiger partial charge is 0.302 e. The second-order valence-corrected chi connectivity index (χ2v) is 9.68. The highest BCUT2D eigenvalue weighted by Crippen LogP contribution is 2.18. The monoisotopic (exact) mass is 386 g/mol. The summed E-state index contributed by atoms with van der Waals surface area (Å²) in [5, 5.41) is 0.673. The summed E-state index contributed by atoms with van der Waals surface area (Å²) in [6, 6.07) is 7.46. The van der Waals surface area contributed by atoms with Gasteiger partial charge in [-0.2, -0.15) is 4.31 Å². The highest BCUT2D eigenvalue weighted by Gasteiger charge is 2.23. The molecule has 0 N–H and O–H groups in total. The van der Waals surface area contributed by atoms with Gasteiger partial charge in [0.05, 0.1) is 5.75 Å². The van der Waals surface area contributed by atoms with Crippen molar-refractivity contribution in [1.82, 2.24) is 9.21 Å². The van der Waals surface area contributed by atoms with E-state index < -0.39 is 10.0 Å². The summed E-state index contributed by atoms with van der Waals surface area (Å²) in [7, 11) is -3.23. The number of hydrogen-bond donors (Lipinski definition) is 0. The van der Waals surface area contributed by atoms with Crippen molar-refractivity contribution >= 4 is 21.6 Å². The molecule has 4 nitrogen and oxygen atoms in total. The molecule has 2 rings (SSSR count). The van der Waals surface area contributed by atoms with Gasteiger partial charge >= 0.3 is 0 Å². The van der Waals surface area contributed by atoms with Crippen LogP contribution in [0.1, 0.15) is 45.1 Å². The van der Waals surface area contributed by atoms with Gasteiger partial charge in [0.1, 0.15) is 0 Å². The number of sulfonamides is 1. The Labute approximate surface area is 158 Å². The number of likely N-dealkylation sites (tertiary alicyclic amines) is 1. The maximum atomic E-state index is 12.8. The van der Waals surface area contributed by atoms with Crippen molar-refractivity contribution in [2.75, 3.05) is 31.9 Å². The molecule has 1 aromatic carbocycles. The Hall–Kier alpha value is -0.620. The number of halogens is 1. The minimum atomic E-state index is -3.23. The van der Waals surface area contributed by atoms with Crippen molar-refractivity contribution in [3.8, 4) is 0 Å². The van der Waals surface area contributed by atoms with Gasteiger partial charge in [0.2, 0.25) is 10.0 Å². The lowest BCUT2D eigenvalue weighted by atomic mass is 9.99. The second-order valence-electron chi connectivity index (χ2n) is 7.15. The van der Waals surface area contributed by atoms with Crippen LogP contribution in [0.25, 0.3) is 0 Å². The van der Waals surface area contributed by atoms with Crippen LogP contribution >= 0.6 is 11.6 Å². The van der Waals surface area contributed by atoms with Crippen LogP contribution in [0.4, 0.5) is 0 Å². The van der Waals surface area contributed by atoms with Crippen LogP contribution in [-0.4, -0.2) is 49.6 Å². The Balaban J connectivity index is 2.01. The summed E-state index contributed by atoms with van der Waals surface area (Å²) in [6.07, 6.45) is 4.01. The maximum absolute atomic E-state index is 12.8. The normalized spacial score (nSPS) is 17.3. The molecule has 142 valence electrons. The first-order chi connectivity index (χ1) is 11.9. The topological polar surface area (TPSA) is 40.6 Å². The van der Waals surface area contributed by atoms with Crippen molar-refractivity contribution < 1.29 is 8.42 Å². The fraction of sp³-hybridized carbons (Fsp3) is 0.684. The van der Waals surface area contributed by atoms with Crippen molar-refractivity contribution in [2.45, 2.75) is 46.1 Å². The van der Waals surface area contributed by atoms with Gasteiger partial charge in [-0.05, 0) is 56.0 Å². The molecule has 1 aliphatic heterocycles. The Bertz CT molecular complexity index is 611. The molecule has 0 atom stereocenters. The molecule has 1 fully saturated rings. The molecule has 0 spiro atoms. The quantitative estimate of drug-likeness (QED) is 0.643. The van der Waals surface area contributed by atoms with Crippen molar-refractivity contribution in [2.24, 2.45) is 5.92 Å². The Kier molecular flexibility index (Phi) is 8.20. The first-order valence-electron chi connectivity index (χ1n) is 9.35. The molecule has 0 radical (unpaired) electrons. The zero-order chi connectivity index (χ0) is 18.3. The number of piperidine rings is 1. The third-order valence-electron chi connectivity index (χ3n) is 4.96. The van der Waals surface area contributed by atoms with Gasteiger partial charge in [0.15, 0.2) is 0 Å². The molecule has 1 saturated heterocycles. The predicted octanol–water partition coefficient (Wildman–Crippen LogP) is 4.00. The second kappa shape index (κ2) is 9.91. The molecule has 0 aliphatic carbocycles. The number of nitrogens with zero attached hydrogens (tertiary/aromatic N) is 2. The summed E-state index contributed by atoms with van der Waals surface area (Å²) in [5.41, 5.74) is 0.983. The lowest BCUT2D eigenvalue weighted by Gasteiger charge is -2.32. The molecular formula is C19H31ClN2O2S. The summed E-state index contributed by atoms with van der Waals surface area (Å²) in [4.78, 5) is 2.39. The van der Waals surface area contributed by atoms with E-state index in [-0.39, 0.29) is 5.75 Å². The average molecular weight is 387 g/mol. The van der Waals surface area contributed by atoms with Gasteiger partial charge in [-0.25, -0.2) is 8.42 Å². The van der Waals surface area contributed by atoms with E-state index in [9.17, 15) is 8.42 Å². The molecule has 1 aliphatic rings. The minimum Gasteiger partial charge on any atom is -0.302 e. The van der Waals surface area contributed by atoms with Gasteiger partial charge in [0, 0.05) is 24.7 Å². The lowest BCUT2D eigenvalue weighted by Crippen LogP contribution is -2.41. The Morgan fingerprint density at radius 1 is 1.20 bits per heavy atom. The van der Waals surface area contributed by atoms with Gasteiger partial charge in [-0.3, -0.25) is 0 Å². The van der Waals surface area contributed by atoms with E-state index in [0.717, 1.165) is 37.5 Å². The summed E-state index contributed by atoms with van der Waals surface area (Å²) in [5.74, 6) is 1.02. The van der Waals surface area contributed by atoms with Gasteiger partial charge < -0.3 is 4.90 Å². The molecule has 0 bridgehead atoms. The molecule has 0 saturated carbocycles. The molecule has 25 heavy (non-hydrogen) atoms. The first kappa shape index (κ1) is 20.7. The predicted molar refractivity (Wildman–Crippen MR) is 105 cm³/mol. The molecule has 6 heteroatoms. The van der Waals surface area contributed by atoms with E-state index in [2.05, 4.69) is 11.8 Å². The van der Waals surface area contributed by atoms with Crippen molar-refractivity contribution in [3.63, 3.8) is 0 Å². The first-order valence-corrected chi connectivity index (χ1v) is 11.3. The molecule has 0 unspecified atom stereocenters. The SMILES string of the molecule is CCCCS(=O)(=O)N(CCN1CCC(C)CC1)Cc1ccc(Cl)cc1. The molecule has 1 heterocycles. The minimum absolute atomic E-state index is 0.230. The van der Waals surface area contributed by atoms with Crippen LogP contribution in [0.2, 0.25) is 5.02 Å². The van der Waals surface area contributed by atoms with Crippen LogP contribution in [-0.2, 0) is 16.6 Å². The fourth-order valence-electron chi connectivity index (χ4n) is 3.10. The Morgan fingerprint density at radius 3 is 2.44 bits per heavy atom. The fourth-order valence-corrected chi connectivity index (χ4v) is 4.85. The van der Waals surface area contributed by atoms with Crippen LogP contribution in [0.5, 0.6) is 0 Å². The third kappa shape index (κ3) is 6.89. The van der Waals surface area contributed by atoms with Gasteiger partial charge in [-0.1, -0.05) is 44.0 Å². The van der Waals surface area contributed by atoms with E-state index >= 15 is 0 Å². The standard InChI is InChI=1S/C19H31ClN2O2S/c1-3-4-15-25(23,24)22(16-18-5-7-19(20)8-6-18)14-13-21-11-9-17(2)10-12-21/h5-8,17H,3-4,9-16H2,1-2H3. The van der Waals surface area contributed by atoms with Crippen molar-refractivity contribution in [1.29, 1.82) is 0 Å². The summed E-state index contributed by atoms with van der Waals surface area (Å²) >= 11 is 5.94. The van der Waals surface area contributed by atoms with E-state index in [1.165, 1.54) is 12.8 Å². The third-order valence-corrected chi connectivity index (χ3v) is 7.12. The summed E-state index contributed by atoms with van der Waals surface area (Å²) in [6.45, 7) is 8.26. The number of hydrogen-bond acceptors (Lipinski definition) is 3. The number of benzene rings is 1. The van der Waals surface area contributed by atoms with Crippen LogP contribution < -0.4 is 0 Å². The average Bonchev–Trinajstić information content (AvgIpc) is 2.60. The summed E-state index contributed by atoms with van der Waals surface area (Å²) < 4.78 is 27.2. The van der Waals surface area contributed by atoms with E-state index in [1.54, 1.807) is 4.31 Å². The molecule has 1 aromatic rings. The maximum Gasteiger partial charge on any atom is 0.214 e. The van der Waals surface area contributed by atoms with E-state index in [4.69, 9.17) is 11.6 Å². The highest BCUT2D eigenvalue weighted by atomic mass is 35.5. The number of rotatable bonds is 9. The van der Waals surface area contributed by atoms with Crippen molar-refractivity contribution in [3.05, 3.63) is 34.9 Å². The smallest absolute Gasteiger partial charge is 0.214 e. The molecular weight excluding hydrogens is 356 g/mol. The van der Waals surface area contributed by atoms with Crippen LogP contribution in [0.15, 0.2) is 24.3 Å². The molecule has 0 amide bonds. The van der Waals surface area contributed by atoms with E-state index in [0.29, 0.717) is 24.5 Å². The molecule has 0 aromatic heterocycles. The zero-order valence-corrected chi connectivity index (χ0v) is 17.0. The number of unbranched alkanes of at least 4 members (excludes halogenated alkanes) is 1. The van der Waals surface area contributed by atoms with Gasteiger partial charge in [-0.15, -0.1) is 0 Å². The van der Waals surface area contributed by atoms with Gasteiger partial charge in [0.25, 0.3) is 0 Å². The lowest BCUT2D eigenvalue weighted by molar-refractivity contribution is 0.181. The highest BCUT2D eigenvalue weighted by molar-refractivity contribution is 7.89. The van der Waals surface area contributed by atoms with Crippen LogP contribution in [0, 0.1) is 5.92 Å². The zero-order valence-electron chi connectivity index (χ0n) is 15.5.